The lowest BCUT2D eigenvalue weighted by atomic mass is 9.82. The Balaban J connectivity index is 2.53. The molecule has 1 aromatic rings. The van der Waals surface area contributed by atoms with E-state index in [4.69, 9.17) is 19.3 Å². The number of hydrogen-bond donors (Lipinski definition) is 1. The Labute approximate surface area is 112 Å². The van der Waals surface area contributed by atoms with Gasteiger partial charge in [-0.3, -0.25) is 4.79 Å². The highest BCUT2D eigenvalue weighted by atomic mass is 16.5. The molecule has 1 atom stereocenters. The Morgan fingerprint density at radius 2 is 1.84 bits per heavy atom. The highest BCUT2D eigenvalue weighted by Gasteiger charge is 2.30. The molecule has 0 bridgehead atoms. The zero-order chi connectivity index (χ0) is 14.0. The van der Waals surface area contributed by atoms with Crippen LogP contribution in [0.3, 0.4) is 0 Å². The van der Waals surface area contributed by atoms with E-state index in [2.05, 4.69) is 0 Å². The lowest BCUT2D eigenvalue weighted by Gasteiger charge is -2.26. The van der Waals surface area contributed by atoms with Gasteiger partial charge in [-0.2, -0.15) is 0 Å². The van der Waals surface area contributed by atoms with Crippen LogP contribution in [0.5, 0.6) is 17.2 Å². The highest BCUT2D eigenvalue weighted by Crippen LogP contribution is 2.43. The van der Waals surface area contributed by atoms with Gasteiger partial charge in [-0.05, 0) is 19.3 Å². The first-order valence-electron chi connectivity index (χ1n) is 6.15. The largest absolute Gasteiger partial charge is 0.496 e. The van der Waals surface area contributed by atoms with Gasteiger partial charge in [0, 0.05) is 17.2 Å². The fraction of sp³-hybridized carbons (Fsp3) is 0.500. The second-order valence-electron chi connectivity index (χ2n) is 4.55. The summed E-state index contributed by atoms with van der Waals surface area (Å²) in [5, 5.41) is 9.16. The molecular formula is C14H18O5. The summed E-state index contributed by atoms with van der Waals surface area (Å²) in [5.74, 6) is 0.842. The number of aliphatic carboxylic acids is 1. The molecule has 0 aromatic heterocycles. The van der Waals surface area contributed by atoms with E-state index in [-0.39, 0.29) is 5.92 Å². The fourth-order valence-electron chi connectivity index (χ4n) is 2.63. The van der Waals surface area contributed by atoms with Gasteiger partial charge in [-0.1, -0.05) is 0 Å². The summed E-state index contributed by atoms with van der Waals surface area (Å²) in [7, 11) is 4.74. The minimum Gasteiger partial charge on any atom is -0.496 e. The van der Waals surface area contributed by atoms with Gasteiger partial charge in [0.1, 0.15) is 5.75 Å². The number of ether oxygens (including phenoxy) is 3. The molecule has 0 radical (unpaired) electrons. The third-order valence-electron chi connectivity index (χ3n) is 3.61. The normalized spacial score (nSPS) is 17.5. The fourth-order valence-corrected chi connectivity index (χ4v) is 2.63. The molecule has 1 unspecified atom stereocenters. The van der Waals surface area contributed by atoms with Crippen molar-refractivity contribution < 1.29 is 24.1 Å². The standard InChI is InChI=1S/C14H18O5/c1-17-11-7-12(18-2)13(19-3)9-5-4-8(14(15)16)6-10(9)11/h7-8H,4-6H2,1-3H3,(H,15,16). The van der Waals surface area contributed by atoms with E-state index in [1.165, 1.54) is 0 Å². The monoisotopic (exact) mass is 266 g/mol. The van der Waals surface area contributed by atoms with Gasteiger partial charge in [-0.25, -0.2) is 0 Å². The molecule has 1 N–H and O–H groups in total. The van der Waals surface area contributed by atoms with Gasteiger partial charge in [0.15, 0.2) is 11.5 Å². The van der Waals surface area contributed by atoms with Crippen LogP contribution < -0.4 is 14.2 Å². The Kier molecular flexibility index (Phi) is 3.83. The van der Waals surface area contributed by atoms with Crippen molar-refractivity contribution in [1.29, 1.82) is 0 Å². The van der Waals surface area contributed by atoms with Crippen molar-refractivity contribution >= 4 is 5.97 Å². The van der Waals surface area contributed by atoms with E-state index < -0.39 is 5.97 Å². The predicted molar refractivity (Wildman–Crippen MR) is 69.2 cm³/mol. The lowest BCUT2D eigenvalue weighted by molar-refractivity contribution is -0.142. The molecule has 0 saturated heterocycles. The smallest absolute Gasteiger partial charge is 0.306 e. The zero-order valence-electron chi connectivity index (χ0n) is 11.4. The van der Waals surface area contributed by atoms with Gasteiger partial charge in [-0.15, -0.1) is 0 Å². The molecule has 2 rings (SSSR count). The molecule has 0 aliphatic heterocycles. The average Bonchev–Trinajstić information content (AvgIpc) is 2.44. The lowest BCUT2D eigenvalue weighted by Crippen LogP contribution is -2.23. The number of carbonyl (C=O) groups is 1. The van der Waals surface area contributed by atoms with Crippen molar-refractivity contribution in [3.05, 3.63) is 17.2 Å². The summed E-state index contributed by atoms with van der Waals surface area (Å²) in [6.07, 6.45) is 1.73. The maximum absolute atomic E-state index is 11.1. The van der Waals surface area contributed by atoms with Crippen LogP contribution in [-0.2, 0) is 17.6 Å². The predicted octanol–water partition coefficient (Wildman–Crippen LogP) is 1.90. The van der Waals surface area contributed by atoms with E-state index in [0.717, 1.165) is 11.1 Å². The minimum absolute atomic E-state index is 0.362. The number of methoxy groups -OCH3 is 3. The maximum atomic E-state index is 11.1. The van der Waals surface area contributed by atoms with Gasteiger partial charge in [0.25, 0.3) is 0 Å². The van der Waals surface area contributed by atoms with Gasteiger partial charge in [0.2, 0.25) is 0 Å². The van der Waals surface area contributed by atoms with E-state index in [1.54, 1.807) is 27.4 Å². The van der Waals surface area contributed by atoms with E-state index in [0.29, 0.717) is 36.5 Å². The van der Waals surface area contributed by atoms with Gasteiger partial charge in [0.05, 0.1) is 27.2 Å². The molecule has 0 fully saturated rings. The topological polar surface area (TPSA) is 65.0 Å². The first-order chi connectivity index (χ1) is 9.12. The summed E-state index contributed by atoms with van der Waals surface area (Å²) < 4.78 is 16.1. The molecule has 1 aliphatic rings. The van der Waals surface area contributed by atoms with Gasteiger partial charge < -0.3 is 19.3 Å². The third-order valence-corrected chi connectivity index (χ3v) is 3.61. The molecule has 19 heavy (non-hydrogen) atoms. The Morgan fingerprint density at radius 3 is 2.37 bits per heavy atom. The quantitative estimate of drug-likeness (QED) is 0.901. The maximum Gasteiger partial charge on any atom is 0.306 e. The number of carboxylic acid groups (broad SMARTS) is 1. The summed E-state index contributed by atoms with van der Waals surface area (Å²) >= 11 is 0. The van der Waals surface area contributed by atoms with Crippen molar-refractivity contribution in [3.63, 3.8) is 0 Å². The van der Waals surface area contributed by atoms with E-state index >= 15 is 0 Å². The first kappa shape index (κ1) is 13.5. The van der Waals surface area contributed by atoms with E-state index in [9.17, 15) is 4.79 Å². The molecule has 5 nitrogen and oxygen atoms in total. The zero-order valence-corrected chi connectivity index (χ0v) is 11.4. The highest BCUT2D eigenvalue weighted by molar-refractivity contribution is 5.72. The van der Waals surface area contributed by atoms with Gasteiger partial charge >= 0.3 is 5.97 Å². The first-order valence-corrected chi connectivity index (χ1v) is 6.15. The molecule has 1 aromatic carbocycles. The van der Waals surface area contributed by atoms with Crippen LogP contribution in [0.25, 0.3) is 0 Å². The molecular weight excluding hydrogens is 248 g/mol. The number of hydrogen-bond acceptors (Lipinski definition) is 4. The van der Waals surface area contributed by atoms with Crippen molar-refractivity contribution in [2.24, 2.45) is 5.92 Å². The van der Waals surface area contributed by atoms with Crippen LogP contribution in [-0.4, -0.2) is 32.4 Å². The van der Waals surface area contributed by atoms with Crippen LogP contribution in [0.2, 0.25) is 0 Å². The number of carboxylic acids is 1. The van der Waals surface area contributed by atoms with E-state index in [1.807, 2.05) is 0 Å². The van der Waals surface area contributed by atoms with Crippen LogP contribution in [0.15, 0.2) is 6.07 Å². The Hall–Kier alpha value is -1.91. The van der Waals surface area contributed by atoms with Crippen molar-refractivity contribution in [3.8, 4) is 17.2 Å². The molecule has 5 heteroatoms. The van der Waals surface area contributed by atoms with Crippen molar-refractivity contribution in [2.45, 2.75) is 19.3 Å². The number of benzene rings is 1. The second kappa shape index (κ2) is 5.38. The SMILES string of the molecule is COc1cc(OC)c(OC)c2c1CC(C(=O)O)CC2. The summed E-state index contributed by atoms with van der Waals surface area (Å²) in [4.78, 5) is 11.1. The Morgan fingerprint density at radius 1 is 1.16 bits per heavy atom. The average molecular weight is 266 g/mol. The van der Waals surface area contributed by atoms with Crippen LogP contribution in [0.4, 0.5) is 0 Å². The molecule has 0 heterocycles. The Bertz CT molecular complexity index is 495. The van der Waals surface area contributed by atoms with Crippen LogP contribution in [0.1, 0.15) is 17.5 Å². The molecule has 104 valence electrons. The summed E-state index contributed by atoms with van der Waals surface area (Å²) in [6.45, 7) is 0. The molecule has 1 aliphatic carbocycles. The number of fused-ring (bicyclic) bond motifs is 1. The summed E-state index contributed by atoms with van der Waals surface area (Å²) in [6, 6.07) is 1.75. The molecule has 0 saturated carbocycles. The molecule has 0 amide bonds. The van der Waals surface area contributed by atoms with Crippen molar-refractivity contribution in [2.75, 3.05) is 21.3 Å². The second-order valence-corrected chi connectivity index (χ2v) is 4.55. The number of rotatable bonds is 4. The summed E-state index contributed by atoms with van der Waals surface area (Å²) in [5.41, 5.74) is 1.91. The van der Waals surface area contributed by atoms with Crippen molar-refractivity contribution in [1.82, 2.24) is 0 Å². The molecule has 0 spiro atoms. The third kappa shape index (κ3) is 2.32. The minimum atomic E-state index is -0.762. The van der Waals surface area contributed by atoms with Crippen LogP contribution >= 0.6 is 0 Å². The van der Waals surface area contributed by atoms with Crippen LogP contribution in [0, 0.1) is 5.92 Å².